The van der Waals surface area contributed by atoms with Crippen LogP contribution in [0.25, 0.3) is 77.4 Å². The van der Waals surface area contributed by atoms with Gasteiger partial charge in [-0.2, -0.15) is 0 Å². The number of para-hydroxylation sites is 2. The highest BCUT2D eigenvalue weighted by atomic mass is 16.3. The Balaban J connectivity index is 1.14. The van der Waals surface area contributed by atoms with E-state index in [4.69, 9.17) is 14.4 Å². The van der Waals surface area contributed by atoms with E-state index in [-0.39, 0.29) is 0 Å². The van der Waals surface area contributed by atoms with E-state index in [1.807, 2.05) is 36.4 Å². The van der Waals surface area contributed by atoms with Crippen molar-refractivity contribution in [2.75, 3.05) is 4.90 Å². The van der Waals surface area contributed by atoms with Gasteiger partial charge in [-0.3, -0.25) is 0 Å². The van der Waals surface area contributed by atoms with Crippen molar-refractivity contribution in [2.24, 2.45) is 0 Å². The van der Waals surface area contributed by atoms with Crippen LogP contribution in [-0.4, -0.2) is 9.97 Å². The van der Waals surface area contributed by atoms with E-state index < -0.39 is 0 Å². The van der Waals surface area contributed by atoms with Gasteiger partial charge in [0.05, 0.1) is 22.4 Å². The maximum atomic E-state index is 6.61. The summed E-state index contributed by atoms with van der Waals surface area (Å²) in [6.45, 7) is 0. The lowest BCUT2D eigenvalue weighted by Crippen LogP contribution is -2.09. The zero-order valence-corrected chi connectivity index (χ0v) is 28.1. The molecule has 0 atom stereocenters. The van der Waals surface area contributed by atoms with Gasteiger partial charge in [0.1, 0.15) is 11.2 Å². The Labute approximate surface area is 300 Å². The Hall–Kier alpha value is -7.04. The molecule has 0 spiro atoms. The Morgan fingerprint density at radius 2 is 1.02 bits per heavy atom. The number of hydrogen-bond donors (Lipinski definition) is 0. The number of aromatic nitrogens is 2. The van der Waals surface area contributed by atoms with Gasteiger partial charge >= 0.3 is 0 Å². The lowest BCUT2D eigenvalue weighted by atomic mass is 9.96. The van der Waals surface area contributed by atoms with Crippen LogP contribution in [0.4, 0.5) is 17.1 Å². The van der Waals surface area contributed by atoms with Gasteiger partial charge in [0, 0.05) is 50.4 Å². The molecule has 0 aliphatic carbocycles. The van der Waals surface area contributed by atoms with Crippen molar-refractivity contribution in [3.63, 3.8) is 0 Å². The summed E-state index contributed by atoms with van der Waals surface area (Å²) in [5, 5.41) is 4.35. The maximum Gasteiger partial charge on any atom is 0.137 e. The predicted molar refractivity (Wildman–Crippen MR) is 215 cm³/mol. The van der Waals surface area contributed by atoms with Crippen LogP contribution in [0.5, 0.6) is 0 Å². The minimum atomic E-state index is 0.842. The number of fused-ring (bicyclic) bond motifs is 6. The monoisotopic (exact) mass is 665 g/mol. The standard InChI is InChI=1S/C48H31N3O/c1-5-14-33(15-6-1)46-47(34-16-7-2-8-17-34)50-48-41-30-35(25-24-32(41)26-29-42(48)49-46)39-22-13-23-43-45(39)40-28-27-38(31-44(40)52-43)51(36-18-9-3-10-19-36)37-20-11-4-12-21-37/h1-31H. The van der Waals surface area contributed by atoms with Crippen LogP contribution in [0.3, 0.4) is 0 Å². The molecule has 0 saturated heterocycles. The largest absolute Gasteiger partial charge is 0.456 e. The van der Waals surface area contributed by atoms with E-state index in [0.29, 0.717) is 0 Å². The molecule has 0 fully saturated rings. The Kier molecular flexibility index (Phi) is 7.10. The van der Waals surface area contributed by atoms with Gasteiger partial charge in [0.25, 0.3) is 0 Å². The fourth-order valence-corrected chi connectivity index (χ4v) is 7.40. The summed E-state index contributed by atoms with van der Waals surface area (Å²) in [6.07, 6.45) is 0. The molecule has 4 nitrogen and oxygen atoms in total. The van der Waals surface area contributed by atoms with Crippen LogP contribution >= 0.6 is 0 Å². The highest BCUT2D eigenvalue weighted by Crippen LogP contribution is 2.42. The Bertz CT molecular complexity index is 2850. The molecule has 0 radical (unpaired) electrons. The average molecular weight is 666 g/mol. The van der Waals surface area contributed by atoms with Gasteiger partial charge in [-0.15, -0.1) is 0 Å². The van der Waals surface area contributed by atoms with Gasteiger partial charge in [0.15, 0.2) is 0 Å². The third-order valence-corrected chi connectivity index (χ3v) is 9.83. The molecule has 4 heteroatoms. The molecule has 2 aromatic heterocycles. The topological polar surface area (TPSA) is 42.2 Å². The van der Waals surface area contributed by atoms with E-state index >= 15 is 0 Å². The number of nitrogens with zero attached hydrogens (tertiary/aromatic N) is 3. The van der Waals surface area contributed by atoms with E-state index in [1.54, 1.807) is 0 Å². The number of benzene rings is 8. The second-order valence-electron chi connectivity index (χ2n) is 13.0. The van der Waals surface area contributed by atoms with Crippen LogP contribution in [0, 0.1) is 0 Å². The van der Waals surface area contributed by atoms with Crippen molar-refractivity contribution in [3.05, 3.63) is 188 Å². The molecule has 0 aliphatic rings. The quantitative estimate of drug-likeness (QED) is 0.166. The van der Waals surface area contributed by atoms with Crippen LogP contribution in [0.1, 0.15) is 0 Å². The first-order valence-electron chi connectivity index (χ1n) is 17.5. The summed E-state index contributed by atoms with van der Waals surface area (Å²) in [7, 11) is 0. The van der Waals surface area contributed by atoms with Gasteiger partial charge in [-0.1, -0.05) is 127 Å². The first kappa shape index (κ1) is 29.8. The molecule has 2 heterocycles. The number of anilines is 3. The van der Waals surface area contributed by atoms with Crippen LogP contribution < -0.4 is 4.90 Å². The third kappa shape index (κ3) is 5.09. The van der Waals surface area contributed by atoms with E-state index in [1.165, 1.54) is 0 Å². The molecule has 0 aliphatic heterocycles. The summed E-state index contributed by atoms with van der Waals surface area (Å²) in [6, 6.07) is 65.3. The smallest absolute Gasteiger partial charge is 0.137 e. The molecule has 244 valence electrons. The predicted octanol–water partition coefficient (Wildman–Crippen LogP) is 13.2. The van der Waals surface area contributed by atoms with Crippen molar-refractivity contribution >= 4 is 60.8 Å². The average Bonchev–Trinajstić information content (AvgIpc) is 3.60. The molecule has 0 unspecified atom stereocenters. The Morgan fingerprint density at radius 3 is 1.69 bits per heavy atom. The minimum Gasteiger partial charge on any atom is -0.456 e. The van der Waals surface area contributed by atoms with Crippen molar-refractivity contribution in [1.82, 2.24) is 9.97 Å². The zero-order valence-electron chi connectivity index (χ0n) is 28.1. The third-order valence-electron chi connectivity index (χ3n) is 9.83. The molecular formula is C48H31N3O. The molecule has 0 bridgehead atoms. The van der Waals surface area contributed by atoms with E-state index in [0.717, 1.165) is 94.4 Å². The van der Waals surface area contributed by atoms with Crippen LogP contribution in [0.15, 0.2) is 192 Å². The highest BCUT2D eigenvalue weighted by molar-refractivity contribution is 6.14. The van der Waals surface area contributed by atoms with Crippen LogP contribution in [0.2, 0.25) is 0 Å². The first-order valence-corrected chi connectivity index (χ1v) is 17.5. The molecule has 8 aromatic carbocycles. The molecule has 0 amide bonds. The molecule has 10 aromatic rings. The molecule has 0 N–H and O–H groups in total. The summed E-state index contributed by atoms with van der Waals surface area (Å²) >= 11 is 0. The fraction of sp³-hybridized carbons (Fsp3) is 0. The first-order chi connectivity index (χ1) is 25.8. The Morgan fingerprint density at radius 1 is 0.404 bits per heavy atom. The second-order valence-corrected chi connectivity index (χ2v) is 13.0. The summed E-state index contributed by atoms with van der Waals surface area (Å²) in [5.74, 6) is 0. The summed E-state index contributed by atoms with van der Waals surface area (Å²) in [5.41, 5.74) is 12.7. The van der Waals surface area contributed by atoms with Crippen molar-refractivity contribution in [1.29, 1.82) is 0 Å². The zero-order chi connectivity index (χ0) is 34.4. The van der Waals surface area contributed by atoms with Gasteiger partial charge in [0.2, 0.25) is 0 Å². The lowest BCUT2D eigenvalue weighted by Gasteiger charge is -2.25. The number of furan rings is 1. The molecule has 10 rings (SSSR count). The number of hydrogen-bond acceptors (Lipinski definition) is 4. The second kappa shape index (κ2) is 12.4. The lowest BCUT2D eigenvalue weighted by molar-refractivity contribution is 0.669. The maximum absolute atomic E-state index is 6.61. The summed E-state index contributed by atoms with van der Waals surface area (Å²) < 4.78 is 6.61. The summed E-state index contributed by atoms with van der Waals surface area (Å²) in [4.78, 5) is 12.9. The molecule has 52 heavy (non-hydrogen) atoms. The van der Waals surface area contributed by atoms with Gasteiger partial charge < -0.3 is 9.32 Å². The van der Waals surface area contributed by atoms with Crippen molar-refractivity contribution in [2.45, 2.75) is 0 Å². The highest BCUT2D eigenvalue weighted by Gasteiger charge is 2.19. The van der Waals surface area contributed by atoms with Gasteiger partial charge in [-0.25, -0.2) is 9.97 Å². The number of rotatable bonds is 6. The minimum absolute atomic E-state index is 0.842. The van der Waals surface area contributed by atoms with Gasteiger partial charge in [-0.05, 0) is 71.1 Å². The molecular weight excluding hydrogens is 635 g/mol. The van der Waals surface area contributed by atoms with E-state index in [9.17, 15) is 0 Å². The SMILES string of the molecule is c1ccc(-c2nc3ccc4ccc(-c5cccc6oc7cc(N(c8ccccc8)c8ccccc8)ccc7c56)cc4c3nc2-c2ccccc2)cc1. The van der Waals surface area contributed by atoms with Crippen molar-refractivity contribution in [3.8, 4) is 33.6 Å². The fourth-order valence-electron chi connectivity index (χ4n) is 7.40. The van der Waals surface area contributed by atoms with Crippen molar-refractivity contribution < 1.29 is 4.42 Å². The van der Waals surface area contributed by atoms with Crippen LogP contribution in [-0.2, 0) is 0 Å². The molecule has 0 saturated carbocycles. The normalized spacial score (nSPS) is 11.5. The van der Waals surface area contributed by atoms with E-state index in [2.05, 4.69) is 157 Å².